The molecule has 0 bridgehead atoms. The van der Waals surface area contributed by atoms with Crippen LogP contribution >= 0.6 is 0 Å². The van der Waals surface area contributed by atoms with Gasteiger partial charge in [-0.1, -0.05) is 0 Å². The number of hydrogen-bond donors (Lipinski definition) is 2. The first-order chi connectivity index (χ1) is 35.2. The lowest BCUT2D eigenvalue weighted by molar-refractivity contribution is -0.158. The minimum Gasteiger partial charge on any atom is -0.508 e. The zero-order valence-corrected chi connectivity index (χ0v) is 46.9. The lowest BCUT2D eigenvalue weighted by Gasteiger charge is -2.37. The van der Waals surface area contributed by atoms with Gasteiger partial charge in [-0.2, -0.15) is 0 Å². The van der Waals surface area contributed by atoms with Gasteiger partial charge >= 0.3 is 24.2 Å². The normalized spacial score (nSPS) is 15.6. The molecular weight excluding hydrogens is 994 g/mol. The van der Waals surface area contributed by atoms with Crippen LogP contribution in [0.15, 0.2) is 54.6 Å². The minimum absolute atomic E-state index is 0.0939. The number of ether oxygens (including phenoxy) is 6. The molecule has 0 radical (unpaired) electrons. The van der Waals surface area contributed by atoms with Gasteiger partial charge in [0, 0.05) is 96.7 Å². The quantitative estimate of drug-likeness (QED) is 0.145. The van der Waals surface area contributed by atoms with E-state index >= 15 is 0 Å². The lowest BCUT2D eigenvalue weighted by atomic mass is 10.1. The molecular formula is C55H81F3N6O12. The molecule has 0 unspecified atom stereocenters. The molecule has 0 aromatic heterocycles. The number of piperazine rings is 3. The molecule has 0 saturated carbocycles. The van der Waals surface area contributed by atoms with Crippen molar-refractivity contribution in [3.05, 3.63) is 72.0 Å². The highest BCUT2D eigenvalue weighted by atomic mass is 19.1. The van der Waals surface area contributed by atoms with Crippen molar-refractivity contribution in [2.45, 2.75) is 125 Å². The zero-order chi connectivity index (χ0) is 57.0. The van der Waals surface area contributed by atoms with E-state index in [0.29, 0.717) is 101 Å². The number of anilines is 3. The molecule has 3 aliphatic rings. The number of benzene rings is 3. The number of halogens is 3. The molecule has 0 spiro atoms. The Labute approximate surface area is 446 Å². The van der Waals surface area contributed by atoms with Crippen molar-refractivity contribution < 1.29 is 71.0 Å². The van der Waals surface area contributed by atoms with Crippen LogP contribution in [0.3, 0.4) is 0 Å². The molecule has 3 aromatic carbocycles. The molecule has 6 rings (SSSR count). The molecule has 3 saturated heterocycles. The van der Waals surface area contributed by atoms with Crippen molar-refractivity contribution >= 4 is 41.3 Å². The SMILES string of the molecule is CC(C)(C)OC(=O)N1CCN(c2ccc(O)cc2F)CC1.CC(C)(C)OC(=O)N1CCN(c2ccc(OC(C)(C)CO)cc2F)CC1.CCOC(=O)C(C)(C)Oc1ccc(N2CCN(C(=O)OC(C)(C)C)CC2)c(F)c1. The van der Waals surface area contributed by atoms with Gasteiger partial charge in [0.05, 0.1) is 30.3 Å². The van der Waals surface area contributed by atoms with E-state index in [9.17, 15) is 42.6 Å². The number of aliphatic hydroxyl groups excluding tert-OH is 1. The van der Waals surface area contributed by atoms with Gasteiger partial charge in [-0.25, -0.2) is 32.3 Å². The fourth-order valence-corrected chi connectivity index (χ4v) is 7.73. The number of hydrogen-bond acceptors (Lipinski definition) is 15. The third kappa shape index (κ3) is 19.6. The predicted molar refractivity (Wildman–Crippen MR) is 284 cm³/mol. The van der Waals surface area contributed by atoms with E-state index in [1.807, 2.05) is 77.0 Å². The molecule has 3 fully saturated rings. The van der Waals surface area contributed by atoms with Crippen LogP contribution in [0.2, 0.25) is 0 Å². The molecule has 3 heterocycles. The molecule has 2 N–H and O–H groups in total. The van der Waals surface area contributed by atoms with Crippen molar-refractivity contribution in [3.63, 3.8) is 0 Å². The van der Waals surface area contributed by atoms with Gasteiger partial charge in [0.1, 0.15) is 57.1 Å². The molecule has 3 aromatic rings. The molecule has 76 heavy (non-hydrogen) atoms. The number of phenols is 1. The summed E-state index contributed by atoms with van der Waals surface area (Å²) in [7, 11) is 0. The monoisotopic (exact) mass is 1070 g/mol. The number of aromatic hydroxyl groups is 1. The first-order valence-electron chi connectivity index (χ1n) is 25.6. The van der Waals surface area contributed by atoms with Gasteiger partial charge in [0.2, 0.25) is 0 Å². The van der Waals surface area contributed by atoms with Gasteiger partial charge in [-0.3, -0.25) is 0 Å². The molecule has 424 valence electrons. The number of amides is 3. The van der Waals surface area contributed by atoms with Crippen LogP contribution in [-0.4, -0.2) is 169 Å². The summed E-state index contributed by atoms with van der Waals surface area (Å²) in [5, 5.41) is 18.5. The van der Waals surface area contributed by atoms with Crippen LogP contribution in [0.25, 0.3) is 0 Å². The third-order valence-corrected chi connectivity index (χ3v) is 11.5. The maximum Gasteiger partial charge on any atom is 0.410 e. The summed E-state index contributed by atoms with van der Waals surface area (Å²) in [4.78, 5) is 58.7. The fourth-order valence-electron chi connectivity index (χ4n) is 7.73. The van der Waals surface area contributed by atoms with E-state index in [2.05, 4.69) is 0 Å². The summed E-state index contributed by atoms with van der Waals surface area (Å²) in [6.07, 6.45) is -1.04. The zero-order valence-electron chi connectivity index (χ0n) is 46.9. The smallest absolute Gasteiger partial charge is 0.410 e. The predicted octanol–water partition coefficient (Wildman–Crippen LogP) is 9.22. The van der Waals surface area contributed by atoms with E-state index in [1.165, 1.54) is 18.2 Å². The summed E-state index contributed by atoms with van der Waals surface area (Å²) in [5.74, 6) is -1.28. The van der Waals surface area contributed by atoms with Crippen LogP contribution in [0.4, 0.5) is 44.6 Å². The van der Waals surface area contributed by atoms with E-state index < -0.39 is 45.6 Å². The Balaban J connectivity index is 0.000000249. The van der Waals surface area contributed by atoms with Crippen LogP contribution in [0.1, 0.15) is 96.9 Å². The first-order valence-corrected chi connectivity index (χ1v) is 25.6. The van der Waals surface area contributed by atoms with E-state index in [4.69, 9.17) is 28.4 Å². The molecule has 3 amide bonds. The Morgan fingerprint density at radius 3 is 1.09 bits per heavy atom. The van der Waals surface area contributed by atoms with Crippen molar-refractivity contribution in [2.75, 3.05) is 106 Å². The first kappa shape index (κ1) is 62.0. The fraction of sp³-hybridized carbons (Fsp3) is 0.600. The molecule has 3 aliphatic heterocycles. The number of aliphatic hydroxyl groups is 1. The summed E-state index contributed by atoms with van der Waals surface area (Å²) >= 11 is 0. The van der Waals surface area contributed by atoms with Gasteiger partial charge in [0.15, 0.2) is 5.60 Å². The molecule has 18 nitrogen and oxygen atoms in total. The van der Waals surface area contributed by atoms with Crippen LogP contribution < -0.4 is 24.2 Å². The molecule has 0 aliphatic carbocycles. The number of rotatable bonds is 10. The van der Waals surface area contributed by atoms with E-state index in [1.54, 1.807) is 79.7 Å². The van der Waals surface area contributed by atoms with E-state index in [0.717, 1.165) is 6.07 Å². The second-order valence-electron chi connectivity index (χ2n) is 22.6. The highest BCUT2D eigenvalue weighted by Crippen LogP contribution is 2.30. The second kappa shape index (κ2) is 26.0. The minimum atomic E-state index is -1.22. The Morgan fingerprint density at radius 1 is 0.487 bits per heavy atom. The Morgan fingerprint density at radius 2 is 0.803 bits per heavy atom. The van der Waals surface area contributed by atoms with Crippen LogP contribution in [0.5, 0.6) is 17.2 Å². The number of phenolic OH excluding ortho intramolecular Hbond substituents is 1. The highest BCUT2D eigenvalue weighted by molar-refractivity contribution is 5.79. The third-order valence-electron chi connectivity index (χ3n) is 11.5. The summed E-state index contributed by atoms with van der Waals surface area (Å²) < 4.78 is 75.3. The average molecular weight is 1080 g/mol. The standard InChI is InChI=1S/C21H31FN2O5.C19H29FN2O4.C15H21FN2O3/c1-7-27-18(25)21(5,6)28-15-8-9-17(16(22)14-15)23-10-12-24(13-11-23)19(26)29-20(2,3)4;1-18(2,3)26-17(24)22-10-8-21(9-11-22)16-7-6-14(12-15(16)20)25-19(4,5)13-23;1-15(2,3)21-14(20)18-8-6-17(7-9-18)13-5-4-11(19)10-12(13)16/h8-9,14H,7,10-13H2,1-6H3;6-7,12,23H,8-11,13H2,1-5H3;4-5,10,19H,6-9H2,1-3H3. The second-order valence-corrected chi connectivity index (χ2v) is 22.6. The lowest BCUT2D eigenvalue weighted by Crippen LogP contribution is -2.50. The largest absolute Gasteiger partial charge is 0.508 e. The number of carbonyl (C=O) groups is 4. The van der Waals surface area contributed by atoms with Gasteiger partial charge in [0.25, 0.3) is 0 Å². The highest BCUT2D eigenvalue weighted by Gasteiger charge is 2.33. The maximum atomic E-state index is 14.7. The van der Waals surface area contributed by atoms with E-state index in [-0.39, 0.29) is 48.8 Å². The number of carbonyl (C=O) groups excluding carboxylic acids is 4. The Hall–Kier alpha value is -6.51. The van der Waals surface area contributed by atoms with Crippen molar-refractivity contribution in [1.82, 2.24) is 14.7 Å². The van der Waals surface area contributed by atoms with Crippen LogP contribution in [-0.2, 0) is 23.7 Å². The van der Waals surface area contributed by atoms with Gasteiger partial charge in [-0.05, 0) is 133 Å². The summed E-state index contributed by atoms with van der Waals surface area (Å²) in [6, 6.07) is 13.3. The maximum absolute atomic E-state index is 14.7. The van der Waals surface area contributed by atoms with Crippen molar-refractivity contribution in [3.8, 4) is 17.2 Å². The summed E-state index contributed by atoms with van der Waals surface area (Å²) in [6.45, 7) is 30.8. The number of esters is 1. The summed E-state index contributed by atoms with van der Waals surface area (Å²) in [5.41, 5.74) is -2.24. The Bertz CT molecular complexity index is 2420. The molecule has 21 heteroatoms. The van der Waals surface area contributed by atoms with Gasteiger partial charge < -0.3 is 68.0 Å². The van der Waals surface area contributed by atoms with Crippen molar-refractivity contribution in [2.24, 2.45) is 0 Å². The van der Waals surface area contributed by atoms with Crippen molar-refractivity contribution in [1.29, 1.82) is 0 Å². The van der Waals surface area contributed by atoms with Crippen LogP contribution in [0, 0.1) is 17.5 Å². The number of nitrogens with zero attached hydrogens (tertiary/aromatic N) is 6. The average Bonchev–Trinajstić information content (AvgIpc) is 3.30. The molecule has 0 atom stereocenters. The topological polar surface area (TPSA) is 184 Å². The Kier molecular flexibility index (Phi) is 21.2. The van der Waals surface area contributed by atoms with Gasteiger partial charge in [-0.15, -0.1) is 0 Å².